The first-order valence-corrected chi connectivity index (χ1v) is 11.1. The second-order valence-electron chi connectivity index (χ2n) is 6.89. The Morgan fingerprint density at radius 3 is 2.72 bits per heavy atom. The van der Waals surface area contributed by atoms with Crippen LogP contribution in [0.4, 0.5) is 5.13 Å². The summed E-state index contributed by atoms with van der Waals surface area (Å²) in [6.45, 7) is -0.403. The SMILES string of the molecule is CN(C)C(=O)CO/N=C(\C(=O)NC1C(=O)N2C(C(=O)O)=C(CN)CS[C@@H]12)c1csc(N)n1. The number of carbonyl (C=O) groups is 4. The molecule has 15 heteroatoms. The molecule has 0 bridgehead atoms. The number of aromatic nitrogens is 1. The van der Waals surface area contributed by atoms with Gasteiger partial charge in [0.1, 0.15) is 22.8 Å². The fourth-order valence-corrected chi connectivity index (χ4v) is 4.84. The molecule has 3 rings (SSSR count). The molecule has 172 valence electrons. The van der Waals surface area contributed by atoms with Crippen molar-refractivity contribution in [1.29, 1.82) is 0 Å². The van der Waals surface area contributed by atoms with Crippen LogP contribution in [0, 0.1) is 0 Å². The predicted molar refractivity (Wildman–Crippen MR) is 116 cm³/mol. The van der Waals surface area contributed by atoms with Crippen LogP contribution in [-0.2, 0) is 24.0 Å². The lowest BCUT2D eigenvalue weighted by atomic mass is 10.0. The van der Waals surface area contributed by atoms with E-state index >= 15 is 0 Å². The van der Waals surface area contributed by atoms with Gasteiger partial charge in [0.25, 0.3) is 17.7 Å². The number of oxime groups is 1. The molecule has 13 nitrogen and oxygen atoms in total. The highest BCUT2D eigenvalue weighted by Gasteiger charge is 2.54. The smallest absolute Gasteiger partial charge is 0.352 e. The molecule has 2 atom stereocenters. The molecule has 6 N–H and O–H groups in total. The van der Waals surface area contributed by atoms with E-state index in [-0.39, 0.29) is 34.7 Å². The number of nitrogens with two attached hydrogens (primary N) is 2. The van der Waals surface area contributed by atoms with Crippen molar-refractivity contribution in [1.82, 2.24) is 20.1 Å². The van der Waals surface area contributed by atoms with Crippen molar-refractivity contribution < 1.29 is 29.1 Å². The Kier molecular flexibility index (Phi) is 7.00. The first-order valence-electron chi connectivity index (χ1n) is 9.18. The summed E-state index contributed by atoms with van der Waals surface area (Å²) in [6, 6.07) is -0.981. The number of fused-ring (bicyclic) bond motifs is 1. The van der Waals surface area contributed by atoms with Gasteiger partial charge in [0.05, 0.1) is 0 Å². The van der Waals surface area contributed by atoms with E-state index in [0.717, 1.165) is 16.2 Å². The van der Waals surface area contributed by atoms with Crippen molar-refractivity contribution in [3.05, 3.63) is 22.3 Å². The lowest BCUT2D eigenvalue weighted by Gasteiger charge is -2.49. The number of amides is 3. The van der Waals surface area contributed by atoms with E-state index in [0.29, 0.717) is 11.3 Å². The minimum atomic E-state index is -1.26. The van der Waals surface area contributed by atoms with Crippen LogP contribution in [0.3, 0.4) is 0 Å². The standard InChI is InChI=1S/C17H21N7O6S2/c1-23(2)9(25)4-30-22-10(8-6-32-17(19)20-8)13(26)21-11-14(27)24-12(16(28)29)7(3-18)5-31-15(11)24/h6,11,15H,3-5,18H2,1-2H3,(H2,19,20)(H,21,26)(H,28,29)/b22-10-/t11?,15-/m0/s1. The molecule has 0 spiro atoms. The Hall–Kier alpha value is -3.17. The third-order valence-corrected chi connectivity index (χ3v) is 6.62. The zero-order valence-electron chi connectivity index (χ0n) is 17.1. The summed E-state index contributed by atoms with van der Waals surface area (Å²) in [5.41, 5.74) is 11.4. The zero-order valence-corrected chi connectivity index (χ0v) is 18.7. The maximum Gasteiger partial charge on any atom is 0.352 e. The van der Waals surface area contributed by atoms with Gasteiger partial charge in [0.2, 0.25) is 0 Å². The molecule has 1 saturated heterocycles. The van der Waals surface area contributed by atoms with Crippen LogP contribution in [0.5, 0.6) is 0 Å². The summed E-state index contributed by atoms with van der Waals surface area (Å²) < 4.78 is 0. The number of rotatable bonds is 8. The van der Waals surface area contributed by atoms with E-state index in [1.165, 1.54) is 36.1 Å². The van der Waals surface area contributed by atoms with Crippen LogP contribution < -0.4 is 16.8 Å². The van der Waals surface area contributed by atoms with E-state index in [9.17, 15) is 24.3 Å². The Morgan fingerprint density at radius 2 is 2.16 bits per heavy atom. The number of hydrogen-bond donors (Lipinski definition) is 4. The Morgan fingerprint density at radius 1 is 1.44 bits per heavy atom. The van der Waals surface area contributed by atoms with Gasteiger partial charge in [0.15, 0.2) is 17.5 Å². The molecule has 0 saturated carbocycles. The third kappa shape index (κ3) is 4.53. The monoisotopic (exact) mass is 483 g/mol. The highest BCUT2D eigenvalue weighted by molar-refractivity contribution is 8.00. The number of nitrogen functional groups attached to an aromatic ring is 1. The number of nitrogens with zero attached hydrogens (tertiary/aromatic N) is 4. The summed E-state index contributed by atoms with van der Waals surface area (Å²) in [7, 11) is 3.08. The number of anilines is 1. The highest BCUT2D eigenvalue weighted by Crippen LogP contribution is 2.40. The van der Waals surface area contributed by atoms with Gasteiger partial charge in [-0.2, -0.15) is 0 Å². The number of carboxylic acid groups (broad SMARTS) is 1. The number of β-lactam (4-membered cyclic amide) rings is 1. The fourth-order valence-electron chi connectivity index (χ4n) is 2.93. The molecule has 2 aliphatic heterocycles. The van der Waals surface area contributed by atoms with Gasteiger partial charge < -0.3 is 31.6 Å². The fraction of sp³-hybridized carbons (Fsp3) is 0.412. The number of carbonyl (C=O) groups excluding carboxylic acids is 3. The normalized spacial score (nSPS) is 20.4. The Labute approximate surface area is 190 Å². The summed E-state index contributed by atoms with van der Waals surface area (Å²) in [4.78, 5) is 60.3. The Balaban J connectivity index is 1.77. The summed E-state index contributed by atoms with van der Waals surface area (Å²) in [6.07, 6.45) is 0. The molecule has 2 aliphatic rings. The summed E-state index contributed by atoms with van der Waals surface area (Å²) >= 11 is 2.36. The number of carboxylic acids is 1. The number of aliphatic carboxylic acids is 1. The molecule has 32 heavy (non-hydrogen) atoms. The van der Waals surface area contributed by atoms with Crippen LogP contribution in [0.25, 0.3) is 0 Å². The molecular formula is C17H21N7O6S2. The maximum absolute atomic E-state index is 12.9. The van der Waals surface area contributed by atoms with E-state index < -0.39 is 35.8 Å². The minimum absolute atomic E-state index is 0.00716. The molecule has 1 aromatic rings. The molecule has 3 heterocycles. The van der Waals surface area contributed by atoms with Gasteiger partial charge >= 0.3 is 5.97 Å². The average molecular weight is 484 g/mol. The van der Waals surface area contributed by atoms with E-state index in [2.05, 4.69) is 15.5 Å². The molecule has 0 aliphatic carbocycles. The molecular weight excluding hydrogens is 462 g/mol. The van der Waals surface area contributed by atoms with E-state index in [1.54, 1.807) is 0 Å². The van der Waals surface area contributed by atoms with Gasteiger partial charge in [-0.25, -0.2) is 9.78 Å². The molecule has 3 amide bonds. The number of nitrogens with one attached hydrogen (secondary N) is 1. The highest BCUT2D eigenvalue weighted by atomic mass is 32.2. The molecule has 1 unspecified atom stereocenters. The second kappa shape index (κ2) is 9.54. The van der Waals surface area contributed by atoms with Crippen LogP contribution in [0.1, 0.15) is 5.69 Å². The van der Waals surface area contributed by atoms with Crippen LogP contribution in [0.15, 0.2) is 21.8 Å². The van der Waals surface area contributed by atoms with E-state index in [4.69, 9.17) is 16.3 Å². The van der Waals surface area contributed by atoms with Crippen molar-refractivity contribution in [2.45, 2.75) is 11.4 Å². The van der Waals surface area contributed by atoms with Crippen molar-refractivity contribution in [3.8, 4) is 0 Å². The van der Waals surface area contributed by atoms with Crippen LogP contribution in [-0.4, -0.2) is 93.7 Å². The van der Waals surface area contributed by atoms with Crippen molar-refractivity contribution >= 4 is 57.6 Å². The van der Waals surface area contributed by atoms with Crippen molar-refractivity contribution in [3.63, 3.8) is 0 Å². The second-order valence-corrected chi connectivity index (χ2v) is 8.89. The van der Waals surface area contributed by atoms with Crippen molar-refractivity contribution in [2.24, 2.45) is 10.9 Å². The number of thioether (sulfide) groups is 1. The van der Waals surface area contributed by atoms with Gasteiger partial charge in [-0.3, -0.25) is 19.3 Å². The molecule has 0 radical (unpaired) electrons. The largest absolute Gasteiger partial charge is 0.477 e. The minimum Gasteiger partial charge on any atom is -0.477 e. The van der Waals surface area contributed by atoms with Gasteiger partial charge in [-0.1, -0.05) is 5.16 Å². The predicted octanol–water partition coefficient (Wildman–Crippen LogP) is -1.77. The molecule has 1 aromatic heterocycles. The molecule has 1 fully saturated rings. The number of likely N-dealkylation sites (N-methyl/N-ethyl adjacent to an activating group) is 1. The Bertz CT molecular complexity index is 1020. The lowest BCUT2D eigenvalue weighted by Crippen LogP contribution is -2.71. The van der Waals surface area contributed by atoms with Gasteiger partial charge in [0, 0.05) is 31.8 Å². The van der Waals surface area contributed by atoms with Crippen LogP contribution in [0.2, 0.25) is 0 Å². The van der Waals surface area contributed by atoms with E-state index in [1.807, 2.05) is 0 Å². The summed E-state index contributed by atoms with van der Waals surface area (Å²) in [5.74, 6) is -2.68. The quantitative estimate of drug-likeness (QED) is 0.187. The first kappa shape index (κ1) is 23.5. The number of thiazole rings is 1. The maximum atomic E-state index is 12.9. The zero-order chi connectivity index (χ0) is 23.6. The number of hydrogen-bond acceptors (Lipinski definition) is 11. The third-order valence-electron chi connectivity index (χ3n) is 4.61. The molecule has 0 aromatic carbocycles. The summed E-state index contributed by atoms with van der Waals surface area (Å²) in [5, 5.41) is 16.8. The topological polar surface area (TPSA) is 194 Å². The average Bonchev–Trinajstić information content (AvgIpc) is 3.18. The van der Waals surface area contributed by atoms with Crippen molar-refractivity contribution in [2.75, 3.05) is 38.7 Å². The lowest BCUT2D eigenvalue weighted by molar-refractivity contribution is -0.150. The first-order chi connectivity index (χ1) is 15.1. The van der Waals surface area contributed by atoms with Gasteiger partial charge in [-0.05, 0) is 5.57 Å². The van der Waals surface area contributed by atoms with Gasteiger partial charge in [-0.15, -0.1) is 23.1 Å². The van der Waals surface area contributed by atoms with Crippen LogP contribution >= 0.6 is 23.1 Å².